The smallest absolute Gasteiger partial charge is 0.410 e. The Morgan fingerprint density at radius 3 is 2.54 bits per heavy atom. The summed E-state index contributed by atoms with van der Waals surface area (Å²) in [7, 11) is 0. The van der Waals surface area contributed by atoms with E-state index in [0.29, 0.717) is 6.54 Å². The first-order valence-electron chi connectivity index (χ1n) is 8.71. The number of nitrogens with zero attached hydrogens (tertiary/aromatic N) is 2. The molecule has 1 saturated carbocycles. The predicted octanol–water partition coefficient (Wildman–Crippen LogP) is 4.40. The van der Waals surface area contributed by atoms with Crippen molar-refractivity contribution in [3.05, 3.63) is 54.4 Å². The zero-order chi connectivity index (χ0) is 16.4. The maximum absolute atomic E-state index is 12.2. The van der Waals surface area contributed by atoms with Crippen LogP contribution in [0.25, 0.3) is 11.1 Å². The molecule has 0 atom stereocenters. The van der Waals surface area contributed by atoms with Gasteiger partial charge in [-0.25, -0.2) is 4.79 Å². The van der Waals surface area contributed by atoms with E-state index in [9.17, 15) is 4.79 Å². The molecule has 2 fully saturated rings. The molecule has 2 heterocycles. The summed E-state index contributed by atoms with van der Waals surface area (Å²) in [5, 5.41) is 0. The fourth-order valence-corrected chi connectivity index (χ4v) is 3.83. The van der Waals surface area contributed by atoms with Crippen LogP contribution in [0, 0.1) is 0 Å². The Morgan fingerprint density at radius 2 is 1.83 bits per heavy atom. The lowest BCUT2D eigenvalue weighted by Crippen LogP contribution is -2.36. The molecule has 24 heavy (non-hydrogen) atoms. The van der Waals surface area contributed by atoms with Gasteiger partial charge in [0.1, 0.15) is 5.60 Å². The number of carbonyl (C=O) groups is 1. The number of ether oxygens (including phenoxy) is 1. The van der Waals surface area contributed by atoms with Crippen LogP contribution in [0.5, 0.6) is 0 Å². The Hall–Kier alpha value is -2.36. The molecule has 0 N–H and O–H groups in total. The van der Waals surface area contributed by atoms with Crippen LogP contribution in [0.15, 0.2) is 48.8 Å². The molecule has 4 rings (SSSR count). The lowest BCUT2D eigenvalue weighted by molar-refractivity contribution is 0.0260. The van der Waals surface area contributed by atoms with Crippen LogP contribution in [0.3, 0.4) is 0 Å². The van der Waals surface area contributed by atoms with Crippen molar-refractivity contribution in [1.82, 2.24) is 9.88 Å². The fourth-order valence-electron chi connectivity index (χ4n) is 3.83. The lowest BCUT2D eigenvalue weighted by atomic mass is 9.85. The van der Waals surface area contributed by atoms with E-state index >= 15 is 0 Å². The molecule has 1 aliphatic heterocycles. The van der Waals surface area contributed by atoms with Crippen molar-refractivity contribution in [3.63, 3.8) is 0 Å². The highest BCUT2D eigenvalue weighted by atomic mass is 16.6. The van der Waals surface area contributed by atoms with E-state index in [1.54, 1.807) is 6.20 Å². The number of carbonyl (C=O) groups excluding carboxylic acids is 1. The van der Waals surface area contributed by atoms with E-state index in [1.165, 1.54) is 19.3 Å². The van der Waals surface area contributed by atoms with Crippen molar-refractivity contribution in [2.75, 3.05) is 6.54 Å². The van der Waals surface area contributed by atoms with Gasteiger partial charge in [0.2, 0.25) is 0 Å². The second-order valence-corrected chi connectivity index (χ2v) is 6.91. The molecule has 0 bridgehead atoms. The van der Waals surface area contributed by atoms with Crippen LogP contribution in [0.4, 0.5) is 4.79 Å². The highest BCUT2D eigenvalue weighted by molar-refractivity contribution is 5.71. The van der Waals surface area contributed by atoms with E-state index < -0.39 is 0 Å². The SMILES string of the molecule is O=C1OC2(CCCCC2)CN1Cc1ccc(-c2cccnc2)cc1. The largest absolute Gasteiger partial charge is 0.441 e. The van der Waals surface area contributed by atoms with Gasteiger partial charge in [0.25, 0.3) is 0 Å². The summed E-state index contributed by atoms with van der Waals surface area (Å²) < 4.78 is 5.75. The van der Waals surface area contributed by atoms with Crippen molar-refractivity contribution in [3.8, 4) is 11.1 Å². The third kappa shape index (κ3) is 3.01. The van der Waals surface area contributed by atoms with Gasteiger partial charge in [-0.2, -0.15) is 0 Å². The Bertz CT molecular complexity index is 706. The van der Waals surface area contributed by atoms with Crippen LogP contribution >= 0.6 is 0 Å². The minimum atomic E-state index is -0.217. The number of hydrogen-bond acceptors (Lipinski definition) is 3. The van der Waals surface area contributed by atoms with Crippen LogP contribution < -0.4 is 0 Å². The van der Waals surface area contributed by atoms with Gasteiger partial charge in [-0.05, 0) is 48.4 Å². The highest BCUT2D eigenvalue weighted by Gasteiger charge is 2.45. The van der Waals surface area contributed by atoms with Crippen LogP contribution in [0.1, 0.15) is 37.7 Å². The first kappa shape index (κ1) is 15.2. The average Bonchev–Trinajstić information content (AvgIpc) is 2.91. The van der Waals surface area contributed by atoms with Crippen molar-refractivity contribution in [2.24, 2.45) is 0 Å². The third-order valence-electron chi connectivity index (χ3n) is 5.13. The van der Waals surface area contributed by atoms with Crippen LogP contribution in [-0.2, 0) is 11.3 Å². The van der Waals surface area contributed by atoms with E-state index in [4.69, 9.17) is 4.74 Å². The third-order valence-corrected chi connectivity index (χ3v) is 5.13. The molecule has 4 nitrogen and oxygen atoms in total. The summed E-state index contributed by atoms with van der Waals surface area (Å²) in [6.07, 6.45) is 9.09. The van der Waals surface area contributed by atoms with Gasteiger partial charge in [0, 0.05) is 18.9 Å². The Balaban J connectivity index is 1.45. The van der Waals surface area contributed by atoms with Crippen molar-refractivity contribution in [2.45, 2.75) is 44.2 Å². The van der Waals surface area contributed by atoms with Gasteiger partial charge in [0.05, 0.1) is 6.54 Å². The number of benzene rings is 1. The molecule has 1 aromatic heterocycles. The molecule has 0 unspecified atom stereocenters. The van der Waals surface area contributed by atoms with Crippen LogP contribution in [-0.4, -0.2) is 28.1 Å². The van der Waals surface area contributed by atoms with Crippen molar-refractivity contribution >= 4 is 6.09 Å². The number of amides is 1. The zero-order valence-electron chi connectivity index (χ0n) is 13.8. The number of rotatable bonds is 3. The molecule has 2 aliphatic rings. The van der Waals surface area contributed by atoms with E-state index in [1.807, 2.05) is 23.2 Å². The quantitative estimate of drug-likeness (QED) is 0.841. The fraction of sp³-hybridized carbons (Fsp3) is 0.400. The number of pyridine rings is 1. The second-order valence-electron chi connectivity index (χ2n) is 6.91. The van der Waals surface area contributed by atoms with Gasteiger partial charge in [-0.15, -0.1) is 0 Å². The number of hydrogen-bond donors (Lipinski definition) is 0. The standard InChI is InChI=1S/C20H22N2O2/c23-19-22(15-20(24-19)10-2-1-3-11-20)14-16-6-8-17(9-7-16)18-5-4-12-21-13-18/h4-9,12-13H,1-3,10-11,14-15H2. The molecule has 1 saturated heterocycles. The van der Waals surface area contributed by atoms with E-state index in [-0.39, 0.29) is 11.7 Å². The molecule has 0 radical (unpaired) electrons. The average molecular weight is 322 g/mol. The summed E-state index contributed by atoms with van der Waals surface area (Å²) in [4.78, 5) is 18.2. The van der Waals surface area contributed by atoms with Gasteiger partial charge in [0.15, 0.2) is 0 Å². The first-order valence-corrected chi connectivity index (χ1v) is 8.71. The summed E-state index contributed by atoms with van der Waals surface area (Å²) in [5.41, 5.74) is 3.16. The first-order chi connectivity index (χ1) is 11.7. The Kier molecular flexibility index (Phi) is 3.97. The van der Waals surface area contributed by atoms with E-state index in [0.717, 1.165) is 36.1 Å². The normalized spacial score (nSPS) is 19.5. The molecule has 2 aromatic rings. The van der Waals surface area contributed by atoms with Crippen molar-refractivity contribution in [1.29, 1.82) is 0 Å². The summed E-state index contributed by atoms with van der Waals surface area (Å²) in [6, 6.07) is 12.3. The Morgan fingerprint density at radius 1 is 1.04 bits per heavy atom. The maximum atomic E-state index is 12.2. The van der Waals surface area contributed by atoms with E-state index in [2.05, 4.69) is 29.2 Å². The van der Waals surface area contributed by atoms with Crippen molar-refractivity contribution < 1.29 is 9.53 Å². The summed E-state index contributed by atoms with van der Waals surface area (Å²) in [6.45, 7) is 1.35. The molecule has 124 valence electrons. The topological polar surface area (TPSA) is 42.4 Å². The molecular weight excluding hydrogens is 300 g/mol. The minimum absolute atomic E-state index is 0.159. The van der Waals surface area contributed by atoms with Gasteiger partial charge in [-0.3, -0.25) is 9.88 Å². The molecule has 1 aliphatic carbocycles. The second kappa shape index (κ2) is 6.27. The Labute approximate surface area is 142 Å². The molecular formula is C20H22N2O2. The lowest BCUT2D eigenvalue weighted by Gasteiger charge is -2.30. The van der Waals surface area contributed by atoms with Gasteiger partial charge >= 0.3 is 6.09 Å². The number of aromatic nitrogens is 1. The van der Waals surface area contributed by atoms with Gasteiger partial charge in [-0.1, -0.05) is 36.8 Å². The zero-order valence-corrected chi connectivity index (χ0v) is 13.8. The monoisotopic (exact) mass is 322 g/mol. The maximum Gasteiger partial charge on any atom is 0.410 e. The molecule has 1 spiro atoms. The summed E-state index contributed by atoms with van der Waals surface area (Å²) in [5.74, 6) is 0. The molecule has 4 heteroatoms. The molecule has 1 amide bonds. The van der Waals surface area contributed by atoms with Crippen LogP contribution in [0.2, 0.25) is 0 Å². The highest BCUT2D eigenvalue weighted by Crippen LogP contribution is 2.37. The molecule has 1 aromatic carbocycles. The minimum Gasteiger partial charge on any atom is -0.441 e. The van der Waals surface area contributed by atoms with Gasteiger partial charge < -0.3 is 4.74 Å². The predicted molar refractivity (Wildman–Crippen MR) is 92.4 cm³/mol. The summed E-state index contributed by atoms with van der Waals surface area (Å²) >= 11 is 0.